The largest absolute Gasteiger partial charge is 0.493 e. The molecule has 6 nitrogen and oxygen atoms in total. The Morgan fingerprint density at radius 2 is 1.92 bits per heavy atom. The van der Waals surface area contributed by atoms with Gasteiger partial charge in [0.05, 0.1) is 19.3 Å². The van der Waals surface area contributed by atoms with Gasteiger partial charge in [-0.25, -0.2) is 18.6 Å². The summed E-state index contributed by atoms with van der Waals surface area (Å²) in [6, 6.07) is 11.9. The van der Waals surface area contributed by atoms with Crippen LogP contribution in [0.2, 0.25) is 0 Å². The van der Waals surface area contributed by atoms with E-state index in [9.17, 15) is 13.6 Å². The Labute approximate surface area is 226 Å². The molecule has 3 heterocycles. The van der Waals surface area contributed by atoms with Gasteiger partial charge in [-0.1, -0.05) is 12.1 Å². The van der Waals surface area contributed by atoms with Crippen LogP contribution in [0, 0.1) is 18.6 Å². The second-order valence-electron chi connectivity index (χ2n) is 10.8. The van der Waals surface area contributed by atoms with Crippen molar-refractivity contribution in [3.8, 4) is 16.9 Å². The molecule has 0 aliphatic carbocycles. The van der Waals surface area contributed by atoms with Gasteiger partial charge in [0.1, 0.15) is 11.4 Å². The summed E-state index contributed by atoms with van der Waals surface area (Å²) in [5, 5.41) is 0.807. The van der Waals surface area contributed by atoms with Crippen LogP contribution < -0.4 is 4.74 Å². The number of benzene rings is 2. The number of hydrogen-bond acceptors (Lipinski definition) is 5. The number of ether oxygens (including phenoxy) is 3. The van der Waals surface area contributed by atoms with Crippen molar-refractivity contribution in [2.75, 3.05) is 13.7 Å². The van der Waals surface area contributed by atoms with Crippen LogP contribution in [0.15, 0.2) is 48.7 Å². The predicted molar refractivity (Wildman–Crippen MR) is 145 cm³/mol. The summed E-state index contributed by atoms with van der Waals surface area (Å²) in [6.07, 6.45) is 2.67. The van der Waals surface area contributed by atoms with Gasteiger partial charge in [-0.15, -0.1) is 0 Å². The molecule has 0 saturated carbocycles. The number of carbonyl (C=O) groups is 1. The number of hydrogen-bond donors (Lipinski definition) is 0. The number of carbonyl (C=O) groups excluding carboxylic acids is 1. The molecule has 0 fully saturated rings. The number of esters is 1. The number of rotatable bonds is 6. The lowest BCUT2D eigenvalue weighted by atomic mass is 9.90. The Hall–Kier alpha value is -3.78. The van der Waals surface area contributed by atoms with Gasteiger partial charge in [-0.2, -0.15) is 0 Å². The van der Waals surface area contributed by atoms with E-state index in [0.717, 1.165) is 46.7 Å². The van der Waals surface area contributed by atoms with Gasteiger partial charge < -0.3 is 18.8 Å². The molecule has 2 aromatic heterocycles. The Kier molecular flexibility index (Phi) is 7.16. The first-order valence-electron chi connectivity index (χ1n) is 13.0. The minimum Gasteiger partial charge on any atom is -0.493 e. The van der Waals surface area contributed by atoms with Crippen molar-refractivity contribution in [2.45, 2.75) is 58.8 Å². The van der Waals surface area contributed by atoms with Gasteiger partial charge >= 0.3 is 5.97 Å². The van der Waals surface area contributed by atoms with E-state index in [1.165, 1.54) is 13.2 Å². The van der Waals surface area contributed by atoms with Gasteiger partial charge in [0.2, 0.25) is 0 Å². The average Bonchev–Trinajstić information content (AvgIpc) is 3.29. The molecule has 2 aromatic carbocycles. The second kappa shape index (κ2) is 10.4. The molecule has 0 amide bonds. The molecule has 8 heteroatoms. The fourth-order valence-electron chi connectivity index (χ4n) is 5.12. The molecule has 1 aliphatic heterocycles. The van der Waals surface area contributed by atoms with Crippen molar-refractivity contribution in [3.05, 3.63) is 82.7 Å². The zero-order chi connectivity index (χ0) is 27.9. The number of aromatic nitrogens is 2. The van der Waals surface area contributed by atoms with E-state index in [0.29, 0.717) is 35.6 Å². The molecule has 0 radical (unpaired) electrons. The van der Waals surface area contributed by atoms with Crippen molar-refractivity contribution in [1.82, 2.24) is 9.55 Å². The SMILES string of the molecule is COC(=O)C(OC(C)(C)C)c1c(C)nc2c(ccn2Cc2ccc(F)c(F)c2)c1-c1ccc2c(c1)CCCO2. The molecule has 204 valence electrons. The minimum atomic E-state index is -1.01. The normalized spacial score (nSPS) is 14.1. The minimum absolute atomic E-state index is 0.295. The molecule has 0 bridgehead atoms. The molecule has 0 saturated heterocycles. The number of fused-ring (bicyclic) bond motifs is 2. The number of halogens is 2. The Morgan fingerprint density at radius 1 is 1.13 bits per heavy atom. The summed E-state index contributed by atoms with van der Waals surface area (Å²) >= 11 is 0. The Balaban J connectivity index is 1.74. The lowest BCUT2D eigenvalue weighted by molar-refractivity contribution is -0.164. The molecular formula is C31H32F2N2O4. The van der Waals surface area contributed by atoms with E-state index in [4.69, 9.17) is 19.2 Å². The van der Waals surface area contributed by atoms with Crippen LogP contribution in [0.3, 0.4) is 0 Å². The molecule has 5 rings (SSSR count). The molecule has 0 N–H and O–H groups in total. The summed E-state index contributed by atoms with van der Waals surface area (Å²) < 4.78 is 46.7. The van der Waals surface area contributed by atoms with Gasteiger partial charge in [0, 0.05) is 34.9 Å². The third-order valence-corrected chi connectivity index (χ3v) is 6.82. The van der Waals surface area contributed by atoms with E-state index in [2.05, 4.69) is 6.07 Å². The highest BCUT2D eigenvalue weighted by molar-refractivity contribution is 5.98. The van der Waals surface area contributed by atoms with Gasteiger partial charge in [0.15, 0.2) is 17.7 Å². The lowest BCUT2D eigenvalue weighted by Gasteiger charge is -2.29. The average molecular weight is 535 g/mol. The standard InChI is InChI=1S/C31H32F2N2O4/c1-18-26(28(30(36)37-5)39-31(2,3)4)27(21-9-11-25-20(16-21)7-6-14-38-25)22-12-13-35(29(22)34-18)17-19-8-10-23(32)24(33)15-19/h8-13,15-16,28H,6-7,14,17H2,1-5H3. The third kappa shape index (κ3) is 5.39. The number of aryl methyl sites for hydroxylation is 2. The van der Waals surface area contributed by atoms with Crippen molar-refractivity contribution < 1.29 is 27.8 Å². The lowest BCUT2D eigenvalue weighted by Crippen LogP contribution is -2.29. The fraction of sp³-hybridized carbons (Fsp3) is 0.355. The van der Waals surface area contributed by atoms with E-state index in [1.807, 2.05) is 56.7 Å². The molecule has 1 unspecified atom stereocenters. The van der Waals surface area contributed by atoms with E-state index >= 15 is 0 Å². The Morgan fingerprint density at radius 3 is 2.64 bits per heavy atom. The van der Waals surface area contributed by atoms with Crippen LogP contribution in [-0.2, 0) is 27.2 Å². The summed E-state index contributed by atoms with van der Waals surface area (Å²) in [6.45, 7) is 8.49. The van der Waals surface area contributed by atoms with Crippen LogP contribution in [0.1, 0.15) is 55.7 Å². The monoisotopic (exact) mass is 534 g/mol. The first-order chi connectivity index (χ1) is 18.6. The van der Waals surface area contributed by atoms with Crippen LogP contribution in [0.4, 0.5) is 8.78 Å². The molecular weight excluding hydrogens is 502 g/mol. The zero-order valence-electron chi connectivity index (χ0n) is 22.8. The molecule has 0 spiro atoms. The predicted octanol–water partition coefficient (Wildman–Crippen LogP) is 6.69. The van der Waals surface area contributed by atoms with Crippen molar-refractivity contribution in [2.24, 2.45) is 0 Å². The summed E-state index contributed by atoms with van der Waals surface area (Å²) in [5.41, 5.74) is 4.68. The summed E-state index contributed by atoms with van der Waals surface area (Å²) in [7, 11) is 1.34. The van der Waals surface area contributed by atoms with Crippen molar-refractivity contribution in [1.29, 1.82) is 0 Å². The number of methoxy groups -OCH3 is 1. The van der Waals surface area contributed by atoms with Crippen LogP contribution in [-0.4, -0.2) is 34.8 Å². The smallest absolute Gasteiger partial charge is 0.339 e. The maximum absolute atomic E-state index is 13.9. The van der Waals surface area contributed by atoms with Gasteiger partial charge in [-0.3, -0.25) is 0 Å². The highest BCUT2D eigenvalue weighted by Gasteiger charge is 2.34. The van der Waals surface area contributed by atoms with Gasteiger partial charge in [-0.05, 0) is 87.6 Å². The molecule has 1 aliphatic rings. The van der Waals surface area contributed by atoms with E-state index in [1.54, 1.807) is 6.07 Å². The number of pyridine rings is 1. The highest BCUT2D eigenvalue weighted by Crippen LogP contribution is 2.41. The van der Waals surface area contributed by atoms with Crippen molar-refractivity contribution >= 4 is 17.0 Å². The fourth-order valence-corrected chi connectivity index (χ4v) is 5.12. The second-order valence-corrected chi connectivity index (χ2v) is 10.8. The highest BCUT2D eigenvalue weighted by atomic mass is 19.2. The molecule has 39 heavy (non-hydrogen) atoms. The third-order valence-electron chi connectivity index (χ3n) is 6.82. The first-order valence-corrected chi connectivity index (χ1v) is 13.0. The maximum atomic E-state index is 13.9. The van der Waals surface area contributed by atoms with Crippen LogP contribution >= 0.6 is 0 Å². The Bertz CT molecular complexity index is 1550. The van der Waals surface area contributed by atoms with Crippen LogP contribution in [0.25, 0.3) is 22.2 Å². The molecule has 1 atom stereocenters. The summed E-state index contributed by atoms with van der Waals surface area (Å²) in [4.78, 5) is 18.0. The van der Waals surface area contributed by atoms with Crippen molar-refractivity contribution in [3.63, 3.8) is 0 Å². The van der Waals surface area contributed by atoms with E-state index < -0.39 is 29.3 Å². The topological polar surface area (TPSA) is 62.6 Å². The van der Waals surface area contributed by atoms with Crippen LogP contribution in [0.5, 0.6) is 5.75 Å². The summed E-state index contributed by atoms with van der Waals surface area (Å²) in [5.74, 6) is -1.44. The zero-order valence-corrected chi connectivity index (χ0v) is 22.8. The number of nitrogens with zero attached hydrogens (tertiary/aromatic N) is 2. The maximum Gasteiger partial charge on any atom is 0.339 e. The molecule has 4 aromatic rings. The van der Waals surface area contributed by atoms with E-state index in [-0.39, 0.29) is 0 Å². The van der Waals surface area contributed by atoms with Gasteiger partial charge in [0.25, 0.3) is 0 Å². The quantitative estimate of drug-likeness (QED) is 0.258. The first kappa shape index (κ1) is 26.8.